The van der Waals surface area contributed by atoms with Crippen molar-refractivity contribution in [2.45, 2.75) is 44.1 Å². The molecule has 0 fully saturated rings. The number of sulfonamides is 1. The molecule has 0 amide bonds. The molecule has 0 aliphatic rings. The molecular formula is C30H42N6O6S. The van der Waals surface area contributed by atoms with Gasteiger partial charge in [-0.15, -0.1) is 0 Å². The summed E-state index contributed by atoms with van der Waals surface area (Å²) in [6, 6.07) is 8.52. The summed E-state index contributed by atoms with van der Waals surface area (Å²) < 4.78 is 51.8. The molecule has 0 saturated carbocycles. The van der Waals surface area contributed by atoms with Crippen LogP contribution in [-0.4, -0.2) is 65.9 Å². The zero-order chi connectivity index (χ0) is 31.1. The van der Waals surface area contributed by atoms with Gasteiger partial charge in [0.15, 0.2) is 10.8 Å². The Kier molecular flexibility index (Phi) is 10.4. The van der Waals surface area contributed by atoms with E-state index in [9.17, 15) is 13.2 Å². The summed E-state index contributed by atoms with van der Waals surface area (Å²) in [7, 11) is 5.06. The van der Waals surface area contributed by atoms with Gasteiger partial charge in [-0.2, -0.15) is 8.42 Å². The first-order valence-corrected chi connectivity index (χ1v) is 15.9. The van der Waals surface area contributed by atoms with E-state index >= 15 is 0 Å². The average molecular weight is 615 g/mol. The Bertz CT molecular complexity index is 1710. The standard InChI is InChI=1S/C30H42N6O6S/c1-7-13-40-22-15-23(41-14-11-9-8-10-12-33(2)3)17-24(16-22)42-28-19-27-26(35(5)30(37)36(27)6)18-25(28)32-43(38,39)29-20-34(4)21-31-29/h15-21,32H,7-14H2,1-6H3. The molecule has 234 valence electrons. The van der Waals surface area contributed by atoms with Crippen LogP contribution in [0.25, 0.3) is 11.0 Å². The molecule has 0 aliphatic carbocycles. The number of benzene rings is 2. The van der Waals surface area contributed by atoms with Gasteiger partial charge in [0.25, 0.3) is 10.0 Å². The van der Waals surface area contributed by atoms with E-state index in [0.29, 0.717) is 41.5 Å². The fourth-order valence-electron chi connectivity index (χ4n) is 4.61. The zero-order valence-electron chi connectivity index (χ0n) is 25.8. The molecule has 0 aliphatic heterocycles. The molecule has 12 nitrogen and oxygen atoms in total. The normalized spacial score (nSPS) is 11.8. The molecule has 2 aromatic heterocycles. The van der Waals surface area contributed by atoms with Gasteiger partial charge in [-0.25, -0.2) is 9.78 Å². The number of rotatable bonds is 16. The number of fused-ring (bicyclic) bond motifs is 1. The maximum absolute atomic E-state index is 13.2. The van der Waals surface area contributed by atoms with Crippen molar-refractivity contribution in [2.24, 2.45) is 21.1 Å². The third-order valence-electron chi connectivity index (χ3n) is 6.90. The number of anilines is 1. The summed E-state index contributed by atoms with van der Waals surface area (Å²) in [5, 5.41) is -0.143. The molecular weight excluding hydrogens is 572 g/mol. The number of hydrogen-bond acceptors (Lipinski definition) is 8. The molecule has 4 rings (SSSR count). The second-order valence-corrected chi connectivity index (χ2v) is 12.5. The van der Waals surface area contributed by atoms with Crippen molar-refractivity contribution in [1.82, 2.24) is 23.6 Å². The second kappa shape index (κ2) is 14.0. The van der Waals surface area contributed by atoms with Crippen LogP contribution in [0.15, 0.2) is 52.7 Å². The number of aromatic nitrogens is 4. The first-order chi connectivity index (χ1) is 20.5. The number of aryl methyl sites for hydroxylation is 3. The molecule has 0 saturated heterocycles. The van der Waals surface area contributed by atoms with Crippen molar-refractivity contribution >= 4 is 26.7 Å². The summed E-state index contributed by atoms with van der Waals surface area (Å²) in [5.41, 5.74) is 1.01. The lowest BCUT2D eigenvalue weighted by Crippen LogP contribution is -2.19. The first-order valence-electron chi connectivity index (χ1n) is 14.4. The quantitative estimate of drug-likeness (QED) is 0.183. The van der Waals surface area contributed by atoms with Gasteiger partial charge in [-0.05, 0) is 46.0 Å². The Morgan fingerprint density at radius 3 is 2.12 bits per heavy atom. The minimum atomic E-state index is -4.06. The van der Waals surface area contributed by atoms with E-state index in [-0.39, 0.29) is 22.2 Å². The summed E-state index contributed by atoms with van der Waals surface area (Å²) in [6.07, 6.45) is 7.91. The summed E-state index contributed by atoms with van der Waals surface area (Å²) in [6.45, 7) is 4.16. The summed E-state index contributed by atoms with van der Waals surface area (Å²) >= 11 is 0. The molecule has 0 spiro atoms. The second-order valence-electron chi connectivity index (χ2n) is 10.9. The van der Waals surface area contributed by atoms with Crippen molar-refractivity contribution in [3.63, 3.8) is 0 Å². The Labute approximate surface area is 252 Å². The van der Waals surface area contributed by atoms with E-state index in [1.54, 1.807) is 50.0 Å². The highest BCUT2D eigenvalue weighted by Gasteiger charge is 2.22. The predicted molar refractivity (Wildman–Crippen MR) is 167 cm³/mol. The lowest BCUT2D eigenvalue weighted by Gasteiger charge is -2.16. The van der Waals surface area contributed by atoms with Crippen LogP contribution in [0, 0.1) is 0 Å². The molecule has 0 bridgehead atoms. The third-order valence-corrected chi connectivity index (χ3v) is 8.15. The molecule has 13 heteroatoms. The molecule has 0 unspecified atom stereocenters. The molecule has 1 N–H and O–H groups in total. The van der Waals surface area contributed by atoms with Gasteiger partial charge >= 0.3 is 5.69 Å². The topological polar surface area (TPSA) is 122 Å². The Balaban J connectivity index is 1.64. The maximum atomic E-state index is 13.2. The number of unbranched alkanes of at least 4 members (excludes halogenated alkanes) is 3. The van der Waals surface area contributed by atoms with Gasteiger partial charge in [0, 0.05) is 51.6 Å². The highest BCUT2D eigenvalue weighted by atomic mass is 32.2. The van der Waals surface area contributed by atoms with Crippen molar-refractivity contribution in [2.75, 3.05) is 38.6 Å². The molecule has 0 atom stereocenters. The van der Waals surface area contributed by atoms with Gasteiger partial charge in [0.2, 0.25) is 0 Å². The Morgan fingerprint density at radius 2 is 1.49 bits per heavy atom. The van der Waals surface area contributed by atoms with Crippen LogP contribution in [0.5, 0.6) is 23.0 Å². The largest absolute Gasteiger partial charge is 0.493 e. The van der Waals surface area contributed by atoms with E-state index in [4.69, 9.17) is 14.2 Å². The fraction of sp³-hybridized carbons (Fsp3) is 0.467. The van der Waals surface area contributed by atoms with Crippen molar-refractivity contribution in [1.29, 1.82) is 0 Å². The van der Waals surface area contributed by atoms with Gasteiger partial charge in [0.05, 0.1) is 36.3 Å². The molecule has 0 radical (unpaired) electrons. The van der Waals surface area contributed by atoms with Crippen molar-refractivity contribution in [3.8, 4) is 23.0 Å². The van der Waals surface area contributed by atoms with Crippen LogP contribution >= 0.6 is 0 Å². The molecule has 2 heterocycles. The van der Waals surface area contributed by atoms with E-state index in [1.165, 1.54) is 21.7 Å². The third kappa shape index (κ3) is 8.11. The van der Waals surface area contributed by atoms with Gasteiger partial charge in [-0.1, -0.05) is 19.8 Å². The number of nitrogens with one attached hydrogen (secondary N) is 1. The summed E-state index contributed by atoms with van der Waals surface area (Å²) in [4.78, 5) is 18.8. The van der Waals surface area contributed by atoms with Crippen molar-refractivity contribution in [3.05, 3.63) is 53.3 Å². The minimum absolute atomic E-state index is 0.143. The van der Waals surface area contributed by atoms with Gasteiger partial charge < -0.3 is 23.7 Å². The lowest BCUT2D eigenvalue weighted by atomic mass is 10.2. The first kappa shape index (κ1) is 32.0. The van der Waals surface area contributed by atoms with Crippen LogP contribution in [0.2, 0.25) is 0 Å². The molecule has 43 heavy (non-hydrogen) atoms. The van der Waals surface area contributed by atoms with Crippen LogP contribution in [-0.2, 0) is 31.2 Å². The lowest BCUT2D eigenvalue weighted by molar-refractivity contribution is 0.291. The predicted octanol–water partition coefficient (Wildman–Crippen LogP) is 4.49. The smallest absolute Gasteiger partial charge is 0.328 e. The monoisotopic (exact) mass is 614 g/mol. The highest BCUT2D eigenvalue weighted by molar-refractivity contribution is 7.92. The number of ether oxygens (including phenoxy) is 3. The number of nitrogens with zero attached hydrogens (tertiary/aromatic N) is 5. The van der Waals surface area contributed by atoms with Crippen molar-refractivity contribution < 1.29 is 22.6 Å². The van der Waals surface area contributed by atoms with E-state index < -0.39 is 10.0 Å². The van der Waals surface area contributed by atoms with Crippen LogP contribution in [0.1, 0.15) is 39.0 Å². The fourth-order valence-corrected chi connectivity index (χ4v) is 5.65. The summed E-state index contributed by atoms with van der Waals surface area (Å²) in [5.74, 6) is 1.76. The van der Waals surface area contributed by atoms with Crippen LogP contribution in [0.4, 0.5) is 5.69 Å². The van der Waals surface area contributed by atoms with Crippen LogP contribution in [0.3, 0.4) is 0 Å². The highest BCUT2D eigenvalue weighted by Crippen LogP contribution is 2.37. The zero-order valence-corrected chi connectivity index (χ0v) is 26.6. The molecule has 2 aromatic carbocycles. The van der Waals surface area contributed by atoms with Crippen LogP contribution < -0.4 is 24.6 Å². The van der Waals surface area contributed by atoms with E-state index in [2.05, 4.69) is 28.7 Å². The average Bonchev–Trinajstić information content (AvgIpc) is 3.49. The Hall–Kier alpha value is -3.97. The maximum Gasteiger partial charge on any atom is 0.328 e. The number of hydrogen-bond donors (Lipinski definition) is 1. The Morgan fingerprint density at radius 1 is 0.860 bits per heavy atom. The van der Waals surface area contributed by atoms with E-state index in [1.807, 2.05) is 13.0 Å². The minimum Gasteiger partial charge on any atom is -0.493 e. The number of imidazole rings is 2. The SMILES string of the molecule is CCCOc1cc(OCCCCCCN(C)C)cc(Oc2cc3c(cc2NS(=O)(=O)c2cn(C)cn2)n(C)c(=O)n3C)c1. The van der Waals surface area contributed by atoms with Gasteiger partial charge in [0.1, 0.15) is 17.2 Å². The van der Waals surface area contributed by atoms with E-state index in [0.717, 1.165) is 38.6 Å². The molecule has 4 aromatic rings. The van der Waals surface area contributed by atoms with Gasteiger partial charge in [-0.3, -0.25) is 13.9 Å².